The van der Waals surface area contributed by atoms with Gasteiger partial charge in [-0.3, -0.25) is 18.6 Å². The van der Waals surface area contributed by atoms with Gasteiger partial charge in [-0.25, -0.2) is 4.57 Å². The maximum Gasteiger partial charge on any atom is 0.472 e. The number of carbonyl (C=O) groups excluding carboxylic acids is 2. The van der Waals surface area contributed by atoms with Crippen molar-refractivity contribution in [1.82, 2.24) is 0 Å². The van der Waals surface area contributed by atoms with Crippen LogP contribution in [-0.4, -0.2) is 74.9 Å². The predicted molar refractivity (Wildman–Crippen MR) is 242 cm³/mol. The molecule has 58 heavy (non-hydrogen) atoms. The van der Waals surface area contributed by atoms with Gasteiger partial charge in [0, 0.05) is 12.8 Å². The molecule has 0 bridgehead atoms. The van der Waals surface area contributed by atoms with Gasteiger partial charge in [0.2, 0.25) is 0 Å². The van der Waals surface area contributed by atoms with Gasteiger partial charge in [-0.2, -0.15) is 0 Å². The molecule has 0 heterocycles. The predicted octanol–water partition coefficient (Wildman–Crippen LogP) is 12.8. The van der Waals surface area contributed by atoms with Crippen LogP contribution in [0.2, 0.25) is 0 Å². The molecule has 0 fully saturated rings. The standard InChI is InChI=1S/C48H82NO8P/c1-6-8-10-12-14-16-18-20-22-23-24-25-27-29-31-33-35-37-39-41-48(51)57-46(45-56-58(52,53)55-43-42-49(3,4)5)44-54-47(50)40-38-36-34-32-30-28-26-21-19-17-15-13-11-9-7-2/h14-17,20-22,24-26,29-32,46H,6-13,18-19,23,27-28,33-45H2,1-5H3/p+1/b16-14-,17-15-,22-20-,25-24-,26-21-,31-29-,32-30-/t46-/m1/s1. The van der Waals surface area contributed by atoms with Crippen LogP contribution in [0.25, 0.3) is 0 Å². The molecule has 0 aliphatic carbocycles. The summed E-state index contributed by atoms with van der Waals surface area (Å²) in [5, 5.41) is 0. The second kappa shape index (κ2) is 39.6. The van der Waals surface area contributed by atoms with E-state index in [0.29, 0.717) is 23.9 Å². The third kappa shape index (κ3) is 42.8. The second-order valence-electron chi connectivity index (χ2n) is 15.7. The van der Waals surface area contributed by atoms with Crippen molar-refractivity contribution in [2.45, 2.75) is 161 Å². The number of nitrogens with zero attached hydrogens (tertiary/aromatic N) is 1. The minimum absolute atomic E-state index is 0.0144. The number of unbranched alkanes of at least 4 members (excludes halogenated alkanes) is 11. The number of carbonyl (C=O) groups is 2. The van der Waals surface area contributed by atoms with Crippen molar-refractivity contribution in [2.24, 2.45) is 0 Å². The van der Waals surface area contributed by atoms with Gasteiger partial charge in [0.25, 0.3) is 0 Å². The molecule has 0 amide bonds. The van der Waals surface area contributed by atoms with Crippen molar-refractivity contribution in [3.8, 4) is 0 Å². The Kier molecular flexibility index (Phi) is 37.7. The fourth-order valence-electron chi connectivity index (χ4n) is 5.35. The van der Waals surface area contributed by atoms with E-state index in [2.05, 4.69) is 98.9 Å². The third-order valence-electron chi connectivity index (χ3n) is 8.90. The van der Waals surface area contributed by atoms with Crippen LogP contribution in [0.1, 0.15) is 155 Å². The average Bonchev–Trinajstić information content (AvgIpc) is 3.17. The summed E-state index contributed by atoms with van der Waals surface area (Å²) < 4.78 is 34.2. The number of phosphoric ester groups is 1. The van der Waals surface area contributed by atoms with Gasteiger partial charge in [0.15, 0.2) is 6.10 Å². The van der Waals surface area contributed by atoms with Gasteiger partial charge in [0.05, 0.1) is 27.7 Å². The highest BCUT2D eigenvalue weighted by Crippen LogP contribution is 2.43. The van der Waals surface area contributed by atoms with Crippen LogP contribution in [0.5, 0.6) is 0 Å². The largest absolute Gasteiger partial charge is 0.472 e. The SMILES string of the molecule is CCCCC/C=C\C/C=C\C/C=C\C/C=C\CCCCCC(=O)O[C@H](COC(=O)CCCC/C=C\C/C=C\C/C=C\CCCCC)COP(=O)(O)OCC[N+](C)(C)C. The van der Waals surface area contributed by atoms with E-state index in [1.54, 1.807) is 0 Å². The van der Waals surface area contributed by atoms with E-state index in [0.717, 1.165) is 70.6 Å². The molecule has 10 heteroatoms. The molecule has 0 aromatic rings. The first-order valence-corrected chi connectivity index (χ1v) is 23.8. The monoisotopic (exact) mass is 833 g/mol. The van der Waals surface area contributed by atoms with Crippen LogP contribution in [0.15, 0.2) is 85.1 Å². The normalized spacial score (nSPS) is 14.4. The Bertz CT molecular complexity index is 1260. The van der Waals surface area contributed by atoms with Crippen LogP contribution < -0.4 is 0 Å². The molecule has 0 aromatic heterocycles. The number of phosphoric acid groups is 1. The highest BCUT2D eigenvalue weighted by atomic mass is 31.2. The van der Waals surface area contributed by atoms with Gasteiger partial charge >= 0.3 is 19.8 Å². The molecule has 0 aliphatic rings. The minimum Gasteiger partial charge on any atom is -0.462 e. The van der Waals surface area contributed by atoms with Crippen molar-refractivity contribution in [2.75, 3.05) is 47.5 Å². The fourth-order valence-corrected chi connectivity index (χ4v) is 6.10. The number of esters is 2. The van der Waals surface area contributed by atoms with Crippen molar-refractivity contribution in [3.63, 3.8) is 0 Å². The molecule has 0 spiro atoms. The van der Waals surface area contributed by atoms with Crippen molar-refractivity contribution >= 4 is 19.8 Å². The van der Waals surface area contributed by atoms with Crippen molar-refractivity contribution in [1.29, 1.82) is 0 Å². The van der Waals surface area contributed by atoms with Crippen molar-refractivity contribution < 1.29 is 42.1 Å². The number of rotatable bonds is 39. The van der Waals surface area contributed by atoms with Crippen LogP contribution in [0, 0.1) is 0 Å². The summed E-state index contributed by atoms with van der Waals surface area (Å²) in [5.74, 6) is -0.888. The topological polar surface area (TPSA) is 108 Å². The number of hydrogen-bond acceptors (Lipinski definition) is 7. The molecule has 1 unspecified atom stereocenters. The molecule has 9 nitrogen and oxygen atoms in total. The molecule has 1 N–H and O–H groups in total. The molecular weight excluding hydrogens is 750 g/mol. The molecular formula is C48H83NO8P+. The number of allylic oxidation sites excluding steroid dienone is 14. The first kappa shape index (κ1) is 55.2. The van der Waals surface area contributed by atoms with Gasteiger partial charge < -0.3 is 18.9 Å². The quantitative estimate of drug-likeness (QED) is 0.0214. The highest BCUT2D eigenvalue weighted by molar-refractivity contribution is 7.47. The summed E-state index contributed by atoms with van der Waals surface area (Å²) >= 11 is 0. The molecule has 2 atom stereocenters. The average molecular weight is 833 g/mol. The molecule has 0 saturated heterocycles. The Labute approximate surface area is 354 Å². The second-order valence-corrected chi connectivity index (χ2v) is 17.2. The minimum atomic E-state index is -4.40. The van der Waals surface area contributed by atoms with E-state index in [9.17, 15) is 19.0 Å². The lowest BCUT2D eigenvalue weighted by atomic mass is 10.1. The lowest BCUT2D eigenvalue weighted by Crippen LogP contribution is -2.37. The van der Waals surface area contributed by atoms with Crippen molar-refractivity contribution in [3.05, 3.63) is 85.1 Å². The van der Waals surface area contributed by atoms with E-state index in [4.69, 9.17) is 18.5 Å². The Morgan fingerprint density at radius 3 is 1.38 bits per heavy atom. The van der Waals surface area contributed by atoms with E-state index in [1.165, 1.54) is 44.9 Å². The number of hydrogen-bond donors (Lipinski definition) is 1. The van der Waals surface area contributed by atoms with E-state index >= 15 is 0 Å². The van der Waals surface area contributed by atoms with Crippen LogP contribution in [-0.2, 0) is 32.7 Å². The van der Waals surface area contributed by atoms with Gasteiger partial charge in [-0.1, -0.05) is 131 Å². The van der Waals surface area contributed by atoms with Crippen LogP contribution in [0.3, 0.4) is 0 Å². The number of quaternary nitrogens is 1. The molecule has 0 aromatic carbocycles. The zero-order valence-corrected chi connectivity index (χ0v) is 38.1. The molecule has 0 saturated carbocycles. The van der Waals surface area contributed by atoms with E-state index < -0.39 is 32.5 Å². The lowest BCUT2D eigenvalue weighted by Gasteiger charge is -2.24. The summed E-state index contributed by atoms with van der Waals surface area (Å²) in [4.78, 5) is 35.4. The fraction of sp³-hybridized carbons (Fsp3) is 0.667. The smallest absolute Gasteiger partial charge is 0.462 e. The first-order valence-electron chi connectivity index (χ1n) is 22.3. The zero-order chi connectivity index (χ0) is 42.8. The Morgan fingerprint density at radius 1 is 0.534 bits per heavy atom. The van der Waals surface area contributed by atoms with Gasteiger partial charge in [0.1, 0.15) is 19.8 Å². The molecule has 0 radical (unpaired) electrons. The first-order chi connectivity index (χ1) is 28.0. The summed E-state index contributed by atoms with van der Waals surface area (Å²) in [7, 11) is 1.42. The highest BCUT2D eigenvalue weighted by Gasteiger charge is 2.27. The van der Waals surface area contributed by atoms with E-state index in [-0.39, 0.29) is 26.1 Å². The summed E-state index contributed by atoms with van der Waals surface area (Å²) in [5.41, 5.74) is 0. The summed E-state index contributed by atoms with van der Waals surface area (Å²) in [6.45, 7) is 4.26. The summed E-state index contributed by atoms with van der Waals surface area (Å²) in [6, 6.07) is 0. The third-order valence-corrected chi connectivity index (χ3v) is 9.88. The summed E-state index contributed by atoms with van der Waals surface area (Å²) in [6.07, 6.45) is 50.6. The number of ether oxygens (including phenoxy) is 2. The maximum absolute atomic E-state index is 12.7. The van der Waals surface area contributed by atoms with E-state index in [1.807, 2.05) is 21.1 Å². The number of likely N-dealkylation sites (N-methyl/N-ethyl adjacent to an activating group) is 1. The van der Waals surface area contributed by atoms with Crippen LogP contribution in [0.4, 0.5) is 0 Å². The Hall–Kier alpha value is -2.81. The maximum atomic E-state index is 12.7. The molecule has 0 aliphatic heterocycles. The molecule has 332 valence electrons. The Morgan fingerprint density at radius 2 is 0.931 bits per heavy atom. The Balaban J connectivity index is 4.51. The molecule has 0 rings (SSSR count). The van der Waals surface area contributed by atoms with Crippen LogP contribution >= 0.6 is 7.82 Å². The van der Waals surface area contributed by atoms with Gasteiger partial charge in [-0.15, -0.1) is 0 Å². The van der Waals surface area contributed by atoms with Gasteiger partial charge in [-0.05, 0) is 96.3 Å². The zero-order valence-electron chi connectivity index (χ0n) is 37.2. The lowest BCUT2D eigenvalue weighted by molar-refractivity contribution is -0.870.